The number of nitrogens with one attached hydrogen (secondary N) is 1. The minimum absolute atomic E-state index is 0.155. The lowest BCUT2D eigenvalue weighted by molar-refractivity contribution is 0.278. The van der Waals surface area contributed by atoms with E-state index in [2.05, 4.69) is 16.4 Å². The Morgan fingerprint density at radius 1 is 1.56 bits per heavy atom. The lowest BCUT2D eigenvalue weighted by atomic mass is 10.1. The highest BCUT2D eigenvalue weighted by Gasteiger charge is 2.07. The minimum atomic E-state index is 0.155. The third kappa shape index (κ3) is 3.52. The molecule has 1 aromatic rings. The monoisotopic (exact) mass is 219 g/mol. The van der Waals surface area contributed by atoms with E-state index in [9.17, 15) is 0 Å². The quantitative estimate of drug-likeness (QED) is 0.792. The van der Waals surface area contributed by atoms with E-state index < -0.39 is 0 Å². The fraction of sp³-hybridized carbons (Fsp3) is 0.500. The van der Waals surface area contributed by atoms with E-state index in [0.717, 1.165) is 12.1 Å². The Hall–Kier alpha value is -1.60. The lowest BCUT2D eigenvalue weighted by Gasteiger charge is -2.16. The summed E-state index contributed by atoms with van der Waals surface area (Å²) in [5.74, 6) is 0.705. The van der Waals surface area contributed by atoms with Gasteiger partial charge in [0.05, 0.1) is 11.6 Å². The van der Waals surface area contributed by atoms with Crippen LogP contribution in [0.15, 0.2) is 12.1 Å². The van der Waals surface area contributed by atoms with Gasteiger partial charge in [0.25, 0.3) is 0 Å². The molecule has 1 heterocycles. The van der Waals surface area contributed by atoms with Crippen molar-refractivity contribution in [1.29, 1.82) is 5.26 Å². The van der Waals surface area contributed by atoms with Gasteiger partial charge in [-0.05, 0) is 31.9 Å². The zero-order valence-corrected chi connectivity index (χ0v) is 9.70. The molecule has 86 valence electrons. The second-order valence-electron chi connectivity index (χ2n) is 3.76. The van der Waals surface area contributed by atoms with Crippen molar-refractivity contribution < 1.29 is 5.11 Å². The first-order valence-corrected chi connectivity index (χ1v) is 5.45. The molecule has 0 aliphatic rings. The smallest absolute Gasteiger partial charge is 0.127 e. The summed E-state index contributed by atoms with van der Waals surface area (Å²) in [5.41, 5.74) is 1.43. The molecule has 0 aromatic carbocycles. The number of aliphatic hydroxyl groups excluding tert-OH is 1. The molecule has 0 radical (unpaired) electrons. The van der Waals surface area contributed by atoms with Crippen LogP contribution < -0.4 is 5.32 Å². The molecule has 0 spiro atoms. The van der Waals surface area contributed by atoms with Crippen LogP contribution in [0.3, 0.4) is 0 Å². The molecule has 0 aliphatic carbocycles. The van der Waals surface area contributed by atoms with Crippen molar-refractivity contribution in [2.75, 3.05) is 11.9 Å². The molecule has 4 heteroatoms. The second kappa shape index (κ2) is 6.09. The average Bonchev–Trinajstić information content (AvgIpc) is 2.27. The van der Waals surface area contributed by atoms with Crippen molar-refractivity contribution >= 4 is 5.82 Å². The van der Waals surface area contributed by atoms with Crippen LogP contribution in [-0.4, -0.2) is 22.7 Å². The van der Waals surface area contributed by atoms with Crippen molar-refractivity contribution in [3.63, 3.8) is 0 Å². The number of aryl methyl sites for hydroxylation is 1. The summed E-state index contributed by atoms with van der Waals surface area (Å²) in [7, 11) is 0. The van der Waals surface area contributed by atoms with E-state index in [1.54, 1.807) is 12.1 Å². The van der Waals surface area contributed by atoms with Gasteiger partial charge in [-0.15, -0.1) is 0 Å². The van der Waals surface area contributed by atoms with Gasteiger partial charge in [0.15, 0.2) is 0 Å². The number of anilines is 1. The molecular formula is C12H17N3O. The van der Waals surface area contributed by atoms with Crippen LogP contribution in [0.1, 0.15) is 31.0 Å². The fourth-order valence-corrected chi connectivity index (χ4v) is 1.55. The topological polar surface area (TPSA) is 68.9 Å². The van der Waals surface area contributed by atoms with Crippen LogP contribution in [-0.2, 0) is 0 Å². The van der Waals surface area contributed by atoms with Crippen molar-refractivity contribution in [1.82, 2.24) is 4.98 Å². The largest absolute Gasteiger partial charge is 0.396 e. The fourth-order valence-electron chi connectivity index (χ4n) is 1.55. The first-order valence-electron chi connectivity index (χ1n) is 5.45. The third-order valence-corrected chi connectivity index (χ3v) is 2.40. The van der Waals surface area contributed by atoms with Crippen LogP contribution in [0.2, 0.25) is 0 Å². The zero-order chi connectivity index (χ0) is 12.0. The molecule has 0 saturated carbocycles. The van der Waals surface area contributed by atoms with Gasteiger partial charge in [0, 0.05) is 18.3 Å². The van der Waals surface area contributed by atoms with Gasteiger partial charge in [-0.25, -0.2) is 4.98 Å². The highest BCUT2D eigenvalue weighted by molar-refractivity contribution is 5.44. The predicted octanol–water partition coefficient (Wildman–Crippen LogP) is 1.83. The summed E-state index contributed by atoms with van der Waals surface area (Å²) in [6.07, 6.45) is 1.60. The summed E-state index contributed by atoms with van der Waals surface area (Å²) in [4.78, 5) is 4.31. The number of hydrogen-bond acceptors (Lipinski definition) is 4. The number of nitriles is 1. The van der Waals surface area contributed by atoms with E-state index in [0.29, 0.717) is 17.8 Å². The Labute approximate surface area is 95.9 Å². The molecule has 1 aromatic heterocycles. The molecule has 16 heavy (non-hydrogen) atoms. The number of hydrogen-bond donors (Lipinski definition) is 2. The highest BCUT2D eigenvalue weighted by Crippen LogP contribution is 2.12. The Balaban J connectivity index is 2.80. The number of pyridine rings is 1. The Morgan fingerprint density at radius 2 is 2.31 bits per heavy atom. The molecule has 0 bridgehead atoms. The van der Waals surface area contributed by atoms with Crippen molar-refractivity contribution in [3.8, 4) is 6.07 Å². The highest BCUT2D eigenvalue weighted by atomic mass is 16.3. The standard InChI is InChI=1S/C12H17N3O/c1-3-11(4-5-16)15-12-7-10(8-13)6-9(2)14-12/h6-7,11,16H,3-5H2,1-2H3,(H,14,15). The number of aromatic nitrogens is 1. The van der Waals surface area contributed by atoms with Crippen molar-refractivity contribution in [3.05, 3.63) is 23.4 Å². The van der Waals surface area contributed by atoms with E-state index in [4.69, 9.17) is 10.4 Å². The molecule has 2 N–H and O–H groups in total. The van der Waals surface area contributed by atoms with Crippen molar-refractivity contribution in [2.24, 2.45) is 0 Å². The van der Waals surface area contributed by atoms with Gasteiger partial charge >= 0.3 is 0 Å². The van der Waals surface area contributed by atoms with Crippen LogP contribution in [0.5, 0.6) is 0 Å². The number of aliphatic hydroxyl groups is 1. The SMILES string of the molecule is CCC(CCO)Nc1cc(C#N)cc(C)n1. The maximum atomic E-state index is 8.89. The molecule has 0 amide bonds. The van der Waals surface area contributed by atoms with Gasteiger partial charge in [-0.3, -0.25) is 0 Å². The van der Waals surface area contributed by atoms with Crippen LogP contribution >= 0.6 is 0 Å². The molecule has 0 fully saturated rings. The van der Waals surface area contributed by atoms with E-state index in [1.807, 2.05) is 13.8 Å². The molecule has 1 unspecified atom stereocenters. The molecule has 0 aliphatic heterocycles. The second-order valence-corrected chi connectivity index (χ2v) is 3.76. The van der Waals surface area contributed by atoms with E-state index >= 15 is 0 Å². The summed E-state index contributed by atoms with van der Waals surface area (Å²) in [6, 6.07) is 5.78. The van der Waals surface area contributed by atoms with Gasteiger partial charge in [0.1, 0.15) is 5.82 Å². The van der Waals surface area contributed by atoms with E-state index in [-0.39, 0.29) is 12.6 Å². The molecule has 1 atom stereocenters. The van der Waals surface area contributed by atoms with Crippen LogP contribution in [0.4, 0.5) is 5.82 Å². The Morgan fingerprint density at radius 3 is 2.88 bits per heavy atom. The number of nitrogens with zero attached hydrogens (tertiary/aromatic N) is 2. The summed E-state index contributed by atoms with van der Waals surface area (Å²) < 4.78 is 0. The lowest BCUT2D eigenvalue weighted by Crippen LogP contribution is -2.20. The normalized spacial score (nSPS) is 11.9. The average molecular weight is 219 g/mol. The zero-order valence-electron chi connectivity index (χ0n) is 9.70. The van der Waals surface area contributed by atoms with Gasteiger partial charge < -0.3 is 10.4 Å². The first kappa shape index (κ1) is 12.5. The molecular weight excluding hydrogens is 202 g/mol. The van der Waals surface area contributed by atoms with Crippen molar-refractivity contribution in [2.45, 2.75) is 32.7 Å². The van der Waals surface area contributed by atoms with Gasteiger partial charge in [-0.1, -0.05) is 6.92 Å². The van der Waals surface area contributed by atoms with Crippen LogP contribution in [0.25, 0.3) is 0 Å². The molecule has 4 nitrogen and oxygen atoms in total. The van der Waals surface area contributed by atoms with E-state index in [1.165, 1.54) is 0 Å². The predicted molar refractivity (Wildman–Crippen MR) is 63.1 cm³/mol. The molecule has 0 saturated heterocycles. The van der Waals surface area contributed by atoms with Gasteiger partial charge in [0.2, 0.25) is 0 Å². The summed E-state index contributed by atoms with van der Waals surface area (Å²) >= 11 is 0. The minimum Gasteiger partial charge on any atom is -0.396 e. The summed E-state index contributed by atoms with van der Waals surface area (Å²) in [6.45, 7) is 4.07. The first-order chi connectivity index (χ1) is 7.69. The Kier molecular flexibility index (Phi) is 4.74. The van der Waals surface area contributed by atoms with Crippen LogP contribution in [0, 0.1) is 18.3 Å². The van der Waals surface area contributed by atoms with Gasteiger partial charge in [-0.2, -0.15) is 5.26 Å². The Bertz CT molecular complexity index is 384. The maximum Gasteiger partial charge on any atom is 0.127 e. The summed E-state index contributed by atoms with van der Waals surface area (Å²) in [5, 5.41) is 20.9. The maximum absolute atomic E-state index is 8.89. The third-order valence-electron chi connectivity index (χ3n) is 2.40. The molecule has 1 rings (SSSR count). The number of rotatable bonds is 5.